The van der Waals surface area contributed by atoms with Crippen LogP contribution in [0.3, 0.4) is 0 Å². The molecule has 2 heterocycles. The highest BCUT2D eigenvalue weighted by Crippen LogP contribution is 2.29. The summed E-state index contributed by atoms with van der Waals surface area (Å²) in [4.78, 5) is 0. The lowest BCUT2D eigenvalue weighted by Gasteiger charge is -2.21. The van der Waals surface area contributed by atoms with Gasteiger partial charge in [-0.1, -0.05) is 124 Å². The first-order valence-electron chi connectivity index (χ1n) is 12.7. The third-order valence-electron chi connectivity index (χ3n) is 8.00. The Morgan fingerprint density at radius 1 is 0.541 bits per heavy atom. The summed E-state index contributed by atoms with van der Waals surface area (Å²) in [6.07, 6.45) is 0. The first-order chi connectivity index (χ1) is 17.4. The SMILES string of the molecule is C[Si](C)(C)c1ccc2c(c1)-c1ccccc1[Si]2(C)C.C[Si]1(C)c2ccccc2-c2cc(I)ccc21.ClI. The molecule has 0 aliphatic carbocycles. The number of halogens is 3. The Balaban J connectivity index is 0.000000164. The highest BCUT2D eigenvalue weighted by Gasteiger charge is 2.38. The van der Waals surface area contributed by atoms with E-state index < -0.39 is 24.2 Å². The number of hydrogen-bond acceptors (Lipinski definition) is 0. The van der Waals surface area contributed by atoms with Crippen LogP contribution in [0.15, 0.2) is 84.9 Å². The second kappa shape index (κ2) is 11.0. The number of benzene rings is 4. The van der Waals surface area contributed by atoms with Crippen LogP contribution < -0.4 is 25.9 Å². The van der Waals surface area contributed by atoms with E-state index in [1.807, 2.05) is 0 Å². The largest absolute Gasteiger partial charge is 0.113 e. The normalized spacial score (nSPS) is 15.2. The summed E-state index contributed by atoms with van der Waals surface area (Å²) in [5, 5.41) is 7.99. The van der Waals surface area contributed by atoms with Gasteiger partial charge in [0.2, 0.25) is 0 Å². The van der Waals surface area contributed by atoms with E-state index in [0.29, 0.717) is 0 Å². The van der Waals surface area contributed by atoms with Crippen LogP contribution in [0.2, 0.25) is 45.8 Å². The van der Waals surface area contributed by atoms with Crippen molar-refractivity contribution in [3.8, 4) is 22.3 Å². The quantitative estimate of drug-likeness (QED) is 0.137. The predicted molar refractivity (Wildman–Crippen MR) is 193 cm³/mol. The van der Waals surface area contributed by atoms with Gasteiger partial charge in [0.15, 0.2) is 0 Å². The highest BCUT2D eigenvalue weighted by atomic mass is 127. The molecule has 37 heavy (non-hydrogen) atoms. The lowest BCUT2D eigenvalue weighted by molar-refractivity contribution is 1.66. The Hall–Kier alpha value is -0.719. The predicted octanol–water partition coefficient (Wildman–Crippen LogP) is 7.70. The van der Waals surface area contributed by atoms with Crippen LogP contribution in [0.5, 0.6) is 0 Å². The lowest BCUT2D eigenvalue weighted by atomic mass is 10.1. The molecule has 6 rings (SSSR count). The van der Waals surface area contributed by atoms with Gasteiger partial charge in [0.05, 0.1) is 8.07 Å². The fourth-order valence-electron chi connectivity index (χ4n) is 5.88. The molecule has 0 spiro atoms. The number of hydrogen-bond donors (Lipinski definition) is 0. The molecular formula is C31H35ClI2Si3. The van der Waals surface area contributed by atoms with Crippen molar-refractivity contribution in [2.75, 3.05) is 0 Å². The average molecular weight is 781 g/mol. The molecule has 0 radical (unpaired) electrons. The fourth-order valence-corrected chi connectivity index (χ4v) is 13.7. The van der Waals surface area contributed by atoms with E-state index in [1.165, 1.54) is 25.8 Å². The van der Waals surface area contributed by atoms with Crippen LogP contribution in [0.25, 0.3) is 22.3 Å². The molecule has 2 aliphatic rings. The van der Waals surface area contributed by atoms with Crippen molar-refractivity contribution in [1.82, 2.24) is 0 Å². The van der Waals surface area contributed by atoms with Gasteiger partial charge in [-0.05, 0) is 86.6 Å². The average Bonchev–Trinajstić information content (AvgIpc) is 3.25. The molecule has 6 heteroatoms. The van der Waals surface area contributed by atoms with E-state index in [9.17, 15) is 0 Å². The zero-order valence-electron chi connectivity index (χ0n) is 22.7. The van der Waals surface area contributed by atoms with Crippen molar-refractivity contribution in [2.45, 2.75) is 45.8 Å². The standard InChI is InChI=1S/C17H22Si2.C14H13ISi.ClI/c1-18(2,3)13-10-11-17-15(12-13)14-8-6-7-9-16(14)19(17,4)5;1-16(2)13-6-4-3-5-11(13)12-9-10(15)7-8-14(12)16;1-2/h6-12H,1-5H3;3-9H,1-2H3;. The molecule has 0 saturated carbocycles. The maximum Gasteiger partial charge on any atom is 0.113 e. The van der Waals surface area contributed by atoms with E-state index >= 15 is 0 Å². The lowest BCUT2D eigenvalue weighted by Crippen LogP contribution is -2.49. The fraction of sp³-hybridized carbons (Fsp3) is 0.226. The molecule has 0 amide bonds. The third-order valence-corrected chi connectivity index (χ3v) is 17.8. The smallest absolute Gasteiger partial charge is 0.0656 e. The van der Waals surface area contributed by atoms with E-state index in [1.54, 1.807) is 47.4 Å². The summed E-state index contributed by atoms with van der Waals surface area (Å²) in [6, 6.07) is 32.1. The van der Waals surface area contributed by atoms with Gasteiger partial charge in [-0.3, -0.25) is 0 Å². The number of rotatable bonds is 1. The molecule has 0 N–H and O–H groups in total. The molecule has 0 aromatic heterocycles. The monoisotopic (exact) mass is 780 g/mol. The minimum absolute atomic E-state index is 1.23. The van der Waals surface area contributed by atoms with Gasteiger partial charge in [0, 0.05) is 25.0 Å². The molecule has 4 aromatic rings. The Bertz CT molecular complexity index is 1460. The van der Waals surface area contributed by atoms with Crippen molar-refractivity contribution in [3.63, 3.8) is 0 Å². The first kappa shape index (κ1) is 29.3. The van der Waals surface area contributed by atoms with Crippen LogP contribution in [0, 0.1) is 3.57 Å². The third kappa shape index (κ3) is 5.37. The maximum atomic E-state index is 4.61. The molecule has 192 valence electrons. The Labute approximate surface area is 257 Å². The molecule has 0 nitrogen and oxygen atoms in total. The second-order valence-electron chi connectivity index (χ2n) is 12.0. The Kier molecular flexibility index (Phi) is 8.73. The van der Waals surface area contributed by atoms with E-state index in [-0.39, 0.29) is 0 Å². The topological polar surface area (TPSA) is 0 Å². The van der Waals surface area contributed by atoms with E-state index in [2.05, 4.69) is 162 Å². The second-order valence-corrected chi connectivity index (χ2v) is 27.0. The molecule has 0 atom stereocenters. The molecule has 4 aromatic carbocycles. The van der Waals surface area contributed by atoms with Crippen molar-refractivity contribution in [1.29, 1.82) is 0 Å². The van der Waals surface area contributed by atoms with Crippen molar-refractivity contribution in [2.24, 2.45) is 0 Å². The maximum absolute atomic E-state index is 4.61. The Morgan fingerprint density at radius 3 is 1.43 bits per heavy atom. The van der Waals surface area contributed by atoms with Gasteiger partial charge in [-0.2, -0.15) is 0 Å². The summed E-state index contributed by atoms with van der Waals surface area (Å²) in [5.41, 5.74) is 5.95. The van der Waals surface area contributed by atoms with Crippen LogP contribution in [-0.4, -0.2) is 24.2 Å². The molecule has 0 bridgehead atoms. The summed E-state index contributed by atoms with van der Waals surface area (Å²) >= 11 is 4.02. The van der Waals surface area contributed by atoms with Gasteiger partial charge >= 0.3 is 0 Å². The molecule has 0 unspecified atom stereocenters. The van der Waals surface area contributed by atoms with E-state index in [4.69, 9.17) is 0 Å². The van der Waals surface area contributed by atoms with Crippen molar-refractivity contribution in [3.05, 3.63) is 88.5 Å². The van der Waals surface area contributed by atoms with Crippen LogP contribution in [0.1, 0.15) is 0 Å². The molecule has 0 saturated heterocycles. The van der Waals surface area contributed by atoms with Crippen LogP contribution in [0.4, 0.5) is 0 Å². The van der Waals surface area contributed by atoms with Gasteiger partial charge < -0.3 is 0 Å². The van der Waals surface area contributed by atoms with Gasteiger partial charge in [0.1, 0.15) is 16.1 Å². The minimum Gasteiger partial charge on any atom is -0.0656 e. The van der Waals surface area contributed by atoms with Crippen molar-refractivity contribution < 1.29 is 0 Å². The Morgan fingerprint density at radius 2 is 0.946 bits per heavy atom. The first-order valence-corrected chi connectivity index (χ1v) is 26.0. The zero-order chi connectivity index (χ0) is 27.2. The van der Waals surface area contributed by atoms with Gasteiger partial charge in [-0.15, -0.1) is 0 Å². The zero-order valence-corrected chi connectivity index (χ0v) is 30.8. The summed E-state index contributed by atoms with van der Waals surface area (Å²) in [6.45, 7) is 17.1. The van der Waals surface area contributed by atoms with Crippen LogP contribution >= 0.6 is 53.0 Å². The number of fused-ring (bicyclic) bond motifs is 6. The highest BCUT2D eigenvalue weighted by molar-refractivity contribution is 14.1. The molecule has 2 aliphatic heterocycles. The van der Waals surface area contributed by atoms with Gasteiger partial charge in [0.25, 0.3) is 0 Å². The van der Waals surface area contributed by atoms with Gasteiger partial charge in [-0.25, -0.2) is 0 Å². The summed E-state index contributed by atoms with van der Waals surface area (Å²) < 4.78 is 1.33. The minimum atomic E-state index is -1.45. The molecular weight excluding hydrogens is 746 g/mol. The summed E-state index contributed by atoms with van der Waals surface area (Å²) in [7, 11) is 0.525. The van der Waals surface area contributed by atoms with E-state index in [0.717, 1.165) is 0 Å². The molecule has 0 fully saturated rings. The van der Waals surface area contributed by atoms with Crippen LogP contribution in [-0.2, 0) is 0 Å². The van der Waals surface area contributed by atoms with Crippen molar-refractivity contribution >= 4 is 103 Å². The summed E-state index contributed by atoms with van der Waals surface area (Å²) in [5.74, 6) is 0.